The van der Waals surface area contributed by atoms with Crippen LogP contribution < -0.4 is 21.5 Å². The second-order valence-corrected chi connectivity index (χ2v) is 9.13. The standard InChI is InChI=1S/C22H30F2N4O4/c23-16-3-12(4-17(24)8-16)5-21(30)26-20-9-19(27-28-20)13-1-2-18(7-13)32-22(31)25-10-14-6-15(14)11-29/h3-4,8,13-15,18-20,27-29H,1-2,5-7,9-11H2,(H,25,31)(H,26,30)/t13-,14+,15+,18+,19?,20?/m1/s1. The van der Waals surface area contributed by atoms with E-state index >= 15 is 0 Å². The zero-order chi connectivity index (χ0) is 22.7. The van der Waals surface area contributed by atoms with E-state index in [4.69, 9.17) is 9.84 Å². The number of amides is 2. The molecule has 0 spiro atoms. The molecule has 6 atom stereocenters. The zero-order valence-electron chi connectivity index (χ0n) is 17.8. The highest BCUT2D eigenvalue weighted by molar-refractivity contribution is 5.78. The lowest BCUT2D eigenvalue weighted by atomic mass is 9.96. The van der Waals surface area contributed by atoms with Gasteiger partial charge in [-0.25, -0.2) is 19.0 Å². The summed E-state index contributed by atoms with van der Waals surface area (Å²) in [5, 5.41) is 14.7. The minimum atomic E-state index is -0.706. The number of nitrogens with one attached hydrogen (secondary N) is 4. The molecule has 3 fully saturated rings. The molecule has 1 heterocycles. The molecule has 2 saturated carbocycles. The Morgan fingerprint density at radius 1 is 1.06 bits per heavy atom. The van der Waals surface area contributed by atoms with E-state index in [2.05, 4.69) is 21.5 Å². The van der Waals surface area contributed by atoms with Gasteiger partial charge in [-0.15, -0.1) is 0 Å². The predicted molar refractivity (Wildman–Crippen MR) is 111 cm³/mol. The number of hydrazine groups is 1. The summed E-state index contributed by atoms with van der Waals surface area (Å²) < 4.78 is 32.1. The number of hydrogen-bond acceptors (Lipinski definition) is 6. The molecule has 32 heavy (non-hydrogen) atoms. The Kier molecular flexibility index (Phi) is 7.22. The Balaban J connectivity index is 1.15. The number of alkyl carbamates (subject to hydrolysis) is 1. The fraction of sp³-hybridized carbons (Fsp3) is 0.636. The molecule has 1 saturated heterocycles. The first-order chi connectivity index (χ1) is 15.4. The van der Waals surface area contributed by atoms with Gasteiger partial charge in [0.2, 0.25) is 5.91 Å². The molecule has 1 aliphatic heterocycles. The van der Waals surface area contributed by atoms with Crippen LogP contribution in [0.25, 0.3) is 0 Å². The van der Waals surface area contributed by atoms with E-state index in [1.807, 2.05) is 0 Å². The van der Waals surface area contributed by atoms with Crippen molar-refractivity contribution >= 4 is 12.0 Å². The highest BCUT2D eigenvalue weighted by atomic mass is 19.1. The average molecular weight is 453 g/mol. The van der Waals surface area contributed by atoms with Gasteiger partial charge >= 0.3 is 6.09 Å². The van der Waals surface area contributed by atoms with Gasteiger partial charge in [0, 0.05) is 25.3 Å². The van der Waals surface area contributed by atoms with Crippen LogP contribution in [0.5, 0.6) is 0 Å². The van der Waals surface area contributed by atoms with Crippen LogP contribution in [0, 0.1) is 29.4 Å². The summed E-state index contributed by atoms with van der Waals surface area (Å²) in [7, 11) is 0. The Labute approximate surface area is 185 Å². The molecule has 1 aromatic rings. The summed E-state index contributed by atoms with van der Waals surface area (Å²) in [6.07, 6.45) is 3.13. The lowest BCUT2D eigenvalue weighted by Gasteiger charge is -2.18. The van der Waals surface area contributed by atoms with E-state index in [9.17, 15) is 18.4 Å². The maximum absolute atomic E-state index is 13.3. The first kappa shape index (κ1) is 22.9. The molecule has 2 amide bonds. The number of carbonyl (C=O) groups is 2. The second-order valence-electron chi connectivity index (χ2n) is 9.13. The van der Waals surface area contributed by atoms with Crippen molar-refractivity contribution in [3.63, 3.8) is 0 Å². The fourth-order valence-electron chi connectivity index (χ4n) is 4.77. The summed E-state index contributed by atoms with van der Waals surface area (Å²) in [6, 6.07) is 3.20. The lowest BCUT2D eigenvalue weighted by molar-refractivity contribution is -0.121. The third kappa shape index (κ3) is 6.14. The van der Waals surface area contributed by atoms with Gasteiger partial charge in [0.25, 0.3) is 0 Å². The molecule has 0 radical (unpaired) electrons. The highest BCUT2D eigenvalue weighted by Crippen LogP contribution is 2.37. The van der Waals surface area contributed by atoms with E-state index in [0.717, 1.165) is 43.9 Å². The Morgan fingerprint density at radius 2 is 1.84 bits per heavy atom. The Morgan fingerprint density at radius 3 is 2.56 bits per heavy atom. The van der Waals surface area contributed by atoms with E-state index in [-0.39, 0.29) is 42.8 Å². The van der Waals surface area contributed by atoms with Crippen LogP contribution in [0.2, 0.25) is 0 Å². The van der Waals surface area contributed by atoms with Gasteiger partial charge in [0.1, 0.15) is 17.7 Å². The Bertz CT molecular complexity index is 822. The molecule has 8 nitrogen and oxygen atoms in total. The summed E-state index contributed by atoms with van der Waals surface area (Å²) in [5.41, 5.74) is 6.54. The molecule has 3 aliphatic rings. The third-order valence-electron chi connectivity index (χ3n) is 6.63. The van der Waals surface area contributed by atoms with Gasteiger partial charge in [-0.2, -0.15) is 0 Å². The summed E-state index contributed by atoms with van der Waals surface area (Å²) in [5.74, 6) is -0.774. The van der Waals surface area contributed by atoms with E-state index in [1.165, 1.54) is 0 Å². The van der Waals surface area contributed by atoms with Crippen molar-refractivity contribution in [2.45, 2.75) is 56.8 Å². The van der Waals surface area contributed by atoms with Gasteiger partial charge in [0.05, 0.1) is 12.6 Å². The van der Waals surface area contributed by atoms with Gasteiger partial charge in [-0.3, -0.25) is 10.2 Å². The molecule has 10 heteroatoms. The van der Waals surface area contributed by atoms with Crippen LogP contribution in [0.4, 0.5) is 13.6 Å². The minimum Gasteiger partial charge on any atom is -0.446 e. The first-order valence-corrected chi connectivity index (χ1v) is 11.2. The molecule has 1 aromatic carbocycles. The molecule has 2 aliphatic carbocycles. The maximum Gasteiger partial charge on any atom is 0.407 e. The fourth-order valence-corrected chi connectivity index (χ4v) is 4.77. The van der Waals surface area contributed by atoms with Crippen LogP contribution in [0.1, 0.15) is 37.7 Å². The third-order valence-corrected chi connectivity index (χ3v) is 6.63. The molecule has 5 N–H and O–H groups in total. The minimum absolute atomic E-state index is 0.105. The van der Waals surface area contributed by atoms with Crippen LogP contribution in [-0.4, -0.2) is 48.6 Å². The first-order valence-electron chi connectivity index (χ1n) is 11.2. The average Bonchev–Trinajstić information content (AvgIpc) is 3.07. The largest absolute Gasteiger partial charge is 0.446 e. The van der Waals surface area contributed by atoms with Crippen LogP contribution in [0.15, 0.2) is 18.2 Å². The van der Waals surface area contributed by atoms with Crippen molar-refractivity contribution < 1.29 is 28.2 Å². The topological polar surface area (TPSA) is 112 Å². The van der Waals surface area contributed by atoms with Crippen LogP contribution in [0.3, 0.4) is 0 Å². The molecule has 0 aromatic heterocycles. The second kappa shape index (κ2) is 10.1. The predicted octanol–water partition coefficient (Wildman–Crippen LogP) is 1.34. The van der Waals surface area contributed by atoms with Crippen molar-refractivity contribution in [3.8, 4) is 0 Å². The number of carbonyl (C=O) groups excluding carboxylic acids is 2. The van der Waals surface area contributed by atoms with Crippen molar-refractivity contribution in [2.24, 2.45) is 17.8 Å². The number of hydrogen-bond donors (Lipinski definition) is 5. The number of benzene rings is 1. The van der Waals surface area contributed by atoms with Gasteiger partial charge in [0.15, 0.2) is 0 Å². The zero-order valence-corrected chi connectivity index (χ0v) is 17.8. The van der Waals surface area contributed by atoms with Crippen LogP contribution in [-0.2, 0) is 16.0 Å². The lowest BCUT2D eigenvalue weighted by Crippen LogP contribution is -2.45. The van der Waals surface area contributed by atoms with E-state index in [1.54, 1.807) is 0 Å². The van der Waals surface area contributed by atoms with Crippen molar-refractivity contribution in [3.05, 3.63) is 35.4 Å². The smallest absolute Gasteiger partial charge is 0.407 e. The SMILES string of the molecule is O=C(Cc1cc(F)cc(F)c1)NC1CC([C@@H]2CC[C@H](OC(=O)NC[C@@H]3C[C@H]3CO)C2)NN1. The number of aliphatic hydroxyl groups is 1. The number of rotatable bonds is 8. The van der Waals surface area contributed by atoms with Gasteiger partial charge in [-0.05, 0) is 67.6 Å². The number of ether oxygens (including phenoxy) is 1. The molecule has 2 unspecified atom stereocenters. The highest BCUT2D eigenvalue weighted by Gasteiger charge is 2.38. The molecule has 176 valence electrons. The molecule has 0 bridgehead atoms. The maximum atomic E-state index is 13.3. The quantitative estimate of drug-likeness (QED) is 0.407. The normalized spacial score (nSPS) is 31.3. The van der Waals surface area contributed by atoms with Gasteiger partial charge in [-0.1, -0.05) is 0 Å². The molecule has 4 rings (SSSR count). The number of aliphatic hydroxyl groups excluding tert-OH is 1. The summed E-state index contributed by atoms with van der Waals surface area (Å²) in [4.78, 5) is 24.2. The van der Waals surface area contributed by atoms with Gasteiger partial charge < -0.3 is 20.5 Å². The monoisotopic (exact) mass is 452 g/mol. The molecular weight excluding hydrogens is 422 g/mol. The van der Waals surface area contributed by atoms with Crippen LogP contribution >= 0.6 is 0 Å². The van der Waals surface area contributed by atoms with E-state index < -0.39 is 17.7 Å². The summed E-state index contributed by atoms with van der Waals surface area (Å²) in [6.45, 7) is 0.705. The molecular formula is C22H30F2N4O4. The Hall–Kier alpha value is -2.30. The summed E-state index contributed by atoms with van der Waals surface area (Å²) >= 11 is 0. The van der Waals surface area contributed by atoms with Crippen molar-refractivity contribution in [1.82, 2.24) is 21.5 Å². The van der Waals surface area contributed by atoms with Crippen molar-refractivity contribution in [1.29, 1.82) is 0 Å². The van der Waals surface area contributed by atoms with Crippen molar-refractivity contribution in [2.75, 3.05) is 13.2 Å². The number of halogens is 2. The van der Waals surface area contributed by atoms with E-state index in [0.29, 0.717) is 30.7 Å².